The van der Waals surface area contributed by atoms with Crippen molar-refractivity contribution in [1.82, 2.24) is 29.9 Å². The molecule has 2 N–H and O–H groups in total. The quantitative estimate of drug-likeness (QED) is 0.0241. The Balaban J connectivity index is 0.000000257. The van der Waals surface area contributed by atoms with Crippen LogP contribution in [-0.4, -0.2) is 245 Å². The highest BCUT2D eigenvalue weighted by molar-refractivity contribution is 6.11. The van der Waals surface area contributed by atoms with E-state index in [1.807, 2.05) is 148 Å². The van der Waals surface area contributed by atoms with Crippen LogP contribution in [0.2, 0.25) is 0 Å². The van der Waals surface area contributed by atoms with E-state index in [9.17, 15) is 58.2 Å². The fourth-order valence-corrected chi connectivity index (χ4v) is 11.7. The maximum absolute atomic E-state index is 13.3. The summed E-state index contributed by atoms with van der Waals surface area (Å²) in [5, 5.41) is 34.8. The highest BCUT2D eigenvalue weighted by Gasteiger charge is 2.34. The summed E-state index contributed by atoms with van der Waals surface area (Å²) >= 11 is 0. The van der Waals surface area contributed by atoms with E-state index in [1.54, 1.807) is 18.2 Å². The molecule has 0 unspecified atom stereocenters. The predicted molar refractivity (Wildman–Crippen MR) is 403 cm³/mol. The number of anilines is 2. The van der Waals surface area contributed by atoms with E-state index in [2.05, 4.69) is 10.6 Å². The standard InChI is InChI=1S/2C40H46N4O12/c1-42(2)27-6-9-30-33(24-27)55-34-25-28(43(3)4)7-10-31(34)38(30)32-23-26(5-8-29(32)40(49)50)39(48)41-14-16-52-18-20-54-22-21-53-19-17-51-15-13-37(47)56-44-35(45)11-12-36(44)46;1-42(2)27-6-9-30-33(24-27)55-34-25-28(43(3)4)7-10-31(34)38(30)29-8-5-26(23-32(29)40(49)50)39(48)41-14-16-52-18-20-54-22-21-53-19-17-51-15-13-37(47)56-44-35(45)11-12-36(44)46/h2*5-10,23-25H,11-22H2,1-4H3,(H-,41,48,49,50). The molecule has 0 atom stereocenters. The van der Waals surface area contributed by atoms with Gasteiger partial charge in [-0.1, -0.05) is 12.1 Å². The Morgan fingerprint density at radius 2 is 0.750 bits per heavy atom. The Hall–Kier alpha value is -11.4. The van der Waals surface area contributed by atoms with Crippen molar-refractivity contribution in [3.63, 3.8) is 0 Å². The first-order valence-electron chi connectivity index (χ1n) is 36.3. The summed E-state index contributed by atoms with van der Waals surface area (Å²) in [6.07, 6.45) is -0.0822. The number of amides is 6. The SMILES string of the molecule is CN(C)c1ccc2c(-c3cc(C(=O)NCCOCCOCCOCCOCCC(=O)ON4C(=O)CCC4=O)ccc3C(=O)[O-])c3ccc(=[N+](C)C)cc-3oc2c1.CN(C)c1ccc2c(-c3ccc(C(=O)NCCOCCOCCOCCOCCC(=O)ON4C(=O)CCC4=O)cc3C(=O)[O-])c3ccc(=[N+](C)C)cc-3oc2c1. The van der Waals surface area contributed by atoms with Crippen molar-refractivity contribution >= 4 is 92.6 Å². The largest absolute Gasteiger partial charge is 0.545 e. The number of imide groups is 2. The van der Waals surface area contributed by atoms with Gasteiger partial charge in [-0.15, -0.1) is 10.1 Å². The van der Waals surface area contributed by atoms with Crippen molar-refractivity contribution < 1.29 is 115 Å². The highest BCUT2D eigenvalue weighted by atomic mass is 16.7. The van der Waals surface area contributed by atoms with Gasteiger partial charge in [0.2, 0.25) is 10.7 Å². The lowest BCUT2D eigenvalue weighted by Gasteiger charge is -2.20. The third-order valence-electron chi connectivity index (χ3n) is 17.6. The number of carbonyl (C=O) groups excluding carboxylic acids is 10. The van der Waals surface area contributed by atoms with Crippen LogP contribution in [0.15, 0.2) is 118 Å². The van der Waals surface area contributed by atoms with Gasteiger partial charge >= 0.3 is 11.9 Å². The number of carbonyl (C=O) groups is 10. The first kappa shape index (κ1) is 84.7. The molecule has 0 aromatic heterocycles. The van der Waals surface area contributed by atoms with Crippen molar-refractivity contribution in [2.45, 2.75) is 38.5 Å². The van der Waals surface area contributed by atoms with E-state index in [1.165, 1.54) is 18.2 Å². The number of fused-ring (bicyclic) bond motifs is 4. The van der Waals surface area contributed by atoms with Crippen molar-refractivity contribution in [2.24, 2.45) is 0 Å². The van der Waals surface area contributed by atoms with E-state index < -0.39 is 59.3 Å². The van der Waals surface area contributed by atoms with Gasteiger partial charge in [0.25, 0.3) is 35.4 Å². The van der Waals surface area contributed by atoms with Gasteiger partial charge in [-0.3, -0.25) is 28.8 Å². The Kier molecular flexibility index (Phi) is 31.5. The number of hydrogen-bond donors (Lipinski definition) is 2. The predicted octanol–water partition coefficient (Wildman–Crippen LogP) is 2.92. The normalized spacial score (nSPS) is 12.8. The van der Waals surface area contributed by atoms with Gasteiger partial charge < -0.3 is 96.6 Å². The summed E-state index contributed by atoms with van der Waals surface area (Å²) in [6, 6.07) is 31.9. The minimum Gasteiger partial charge on any atom is -0.545 e. The smallest absolute Gasteiger partial charge is 0.335 e. The summed E-state index contributed by atoms with van der Waals surface area (Å²) in [5.74, 6) is -6.10. The van der Waals surface area contributed by atoms with E-state index in [0.717, 1.165) is 22.1 Å². The lowest BCUT2D eigenvalue weighted by molar-refractivity contribution is -0.256. The topological polar surface area (TPSA) is 378 Å². The number of rotatable bonds is 40. The molecule has 0 radical (unpaired) electrons. The number of aromatic carboxylic acids is 2. The van der Waals surface area contributed by atoms with Crippen LogP contribution in [0.25, 0.3) is 66.8 Å². The fraction of sp³-hybridized carbons (Fsp3) is 0.400. The molecule has 4 aromatic carbocycles. The van der Waals surface area contributed by atoms with E-state index >= 15 is 0 Å². The average Bonchev–Trinajstić information content (AvgIpc) is 0.858. The zero-order chi connectivity index (χ0) is 80.4. The van der Waals surface area contributed by atoms with E-state index in [4.69, 9.17) is 56.4 Å². The van der Waals surface area contributed by atoms with Gasteiger partial charge in [-0.05, 0) is 71.8 Å². The van der Waals surface area contributed by atoms with Crippen LogP contribution in [0.3, 0.4) is 0 Å². The molecule has 6 aliphatic rings. The van der Waals surface area contributed by atoms with Crippen LogP contribution in [0.5, 0.6) is 0 Å². The Labute approximate surface area is 645 Å². The molecule has 32 nitrogen and oxygen atoms in total. The Morgan fingerprint density at radius 3 is 1.12 bits per heavy atom. The minimum absolute atomic E-state index is 0.0351. The molecule has 112 heavy (non-hydrogen) atoms. The molecular weight excluding hydrogens is 1460 g/mol. The van der Waals surface area contributed by atoms with Gasteiger partial charge in [-0.25, -0.2) is 18.7 Å². The second-order valence-corrected chi connectivity index (χ2v) is 26.4. The summed E-state index contributed by atoms with van der Waals surface area (Å²) in [5.41, 5.74) is 6.60. The second kappa shape index (κ2) is 41.6. The monoisotopic (exact) mass is 1550 g/mol. The maximum atomic E-state index is 13.3. The van der Waals surface area contributed by atoms with Crippen LogP contribution in [-0.2, 0) is 76.3 Å². The fourth-order valence-electron chi connectivity index (χ4n) is 11.7. The lowest BCUT2D eigenvalue weighted by atomic mass is 9.89. The lowest BCUT2D eigenvalue weighted by Crippen LogP contribution is -2.32. The molecule has 2 fully saturated rings. The van der Waals surface area contributed by atoms with Crippen molar-refractivity contribution in [3.05, 3.63) is 142 Å². The van der Waals surface area contributed by atoms with Crippen LogP contribution in [0.1, 0.15) is 80.0 Å². The van der Waals surface area contributed by atoms with E-state index in [0.29, 0.717) is 123 Å². The Bertz CT molecular complexity index is 4780. The van der Waals surface area contributed by atoms with Crippen molar-refractivity contribution in [1.29, 1.82) is 0 Å². The molecule has 596 valence electrons. The van der Waals surface area contributed by atoms with Crippen LogP contribution < -0.4 is 50.5 Å². The molecule has 4 heterocycles. The molecular formula is C80H92N8O24. The number of hydrogen-bond acceptors (Lipinski definition) is 26. The number of nitrogens with zero attached hydrogens (tertiary/aromatic N) is 6. The highest BCUT2D eigenvalue weighted by Crippen LogP contribution is 2.44. The molecule has 2 aliphatic carbocycles. The summed E-state index contributed by atoms with van der Waals surface area (Å²) in [4.78, 5) is 134. The average molecular weight is 1550 g/mol. The molecule has 4 aliphatic heterocycles. The molecule has 10 rings (SSSR count). The number of hydroxylamine groups is 4. The van der Waals surface area contributed by atoms with Crippen LogP contribution in [0, 0.1) is 0 Å². The van der Waals surface area contributed by atoms with Gasteiger partial charge in [0, 0.05) is 158 Å². The molecule has 0 saturated carbocycles. The zero-order valence-corrected chi connectivity index (χ0v) is 63.8. The van der Waals surface area contributed by atoms with Gasteiger partial charge in [0.05, 0.1) is 143 Å². The summed E-state index contributed by atoms with van der Waals surface area (Å²) in [7, 11) is 15.4. The van der Waals surface area contributed by atoms with Crippen molar-refractivity contribution in [2.75, 3.05) is 185 Å². The molecule has 0 spiro atoms. The third kappa shape index (κ3) is 23.4. The number of carboxylic acid groups (broad SMARTS) is 2. The number of ether oxygens (including phenoxy) is 8. The second-order valence-electron chi connectivity index (χ2n) is 26.4. The number of benzene rings is 6. The molecule has 2 saturated heterocycles. The van der Waals surface area contributed by atoms with Crippen LogP contribution in [0.4, 0.5) is 11.4 Å². The first-order valence-corrected chi connectivity index (χ1v) is 36.3. The maximum Gasteiger partial charge on any atom is 0.335 e. The molecule has 0 bridgehead atoms. The van der Waals surface area contributed by atoms with Gasteiger partial charge in [-0.2, -0.15) is 0 Å². The zero-order valence-electron chi connectivity index (χ0n) is 63.8. The minimum atomic E-state index is -1.42. The third-order valence-corrected chi connectivity index (χ3v) is 17.6. The number of nitrogens with one attached hydrogen (secondary N) is 2. The summed E-state index contributed by atoms with van der Waals surface area (Å²) < 4.78 is 60.1. The van der Waals surface area contributed by atoms with Crippen LogP contribution >= 0.6 is 0 Å². The van der Waals surface area contributed by atoms with Gasteiger partial charge in [0.1, 0.15) is 50.9 Å². The number of carboxylic acids is 2. The van der Waals surface area contributed by atoms with Crippen molar-refractivity contribution in [3.8, 4) is 44.9 Å². The van der Waals surface area contributed by atoms with E-state index in [-0.39, 0.29) is 133 Å². The first-order chi connectivity index (χ1) is 53.9. The summed E-state index contributed by atoms with van der Waals surface area (Å²) in [6.45, 7) is 4.41. The van der Waals surface area contributed by atoms with Gasteiger partial charge in [0.15, 0.2) is 0 Å². The Morgan fingerprint density at radius 1 is 0.402 bits per heavy atom. The molecule has 6 amide bonds. The molecule has 4 aromatic rings. The molecule has 32 heteroatoms.